The largest absolute Gasteiger partial charge is 0.493 e. The zero-order valence-corrected chi connectivity index (χ0v) is 10.0. The summed E-state index contributed by atoms with van der Waals surface area (Å²) in [6.45, 7) is 0. The number of methoxy groups -OCH3 is 1. The number of aromatic nitrogens is 3. The molecule has 2 N–H and O–H groups in total. The number of hydrogen-bond donors (Lipinski definition) is 2. The molecule has 0 fully saturated rings. The van der Waals surface area contributed by atoms with Crippen LogP contribution in [0.15, 0.2) is 24.4 Å². The van der Waals surface area contributed by atoms with Crippen molar-refractivity contribution in [3.05, 3.63) is 24.4 Å². The van der Waals surface area contributed by atoms with Crippen LogP contribution in [0.25, 0.3) is 11.3 Å². The first-order valence-electron chi connectivity index (χ1n) is 4.70. The molecule has 0 bridgehead atoms. The molecule has 0 saturated carbocycles. The Morgan fingerprint density at radius 3 is 2.67 bits per heavy atom. The molecule has 0 aliphatic heterocycles. The van der Waals surface area contributed by atoms with Gasteiger partial charge in [0.05, 0.1) is 13.3 Å². The van der Waals surface area contributed by atoms with E-state index in [4.69, 9.17) is 9.29 Å². The van der Waals surface area contributed by atoms with Crippen molar-refractivity contribution in [2.24, 2.45) is 0 Å². The van der Waals surface area contributed by atoms with E-state index >= 15 is 0 Å². The molecule has 0 radical (unpaired) electrons. The number of nitrogens with one attached hydrogen (secondary N) is 1. The highest BCUT2D eigenvalue weighted by molar-refractivity contribution is 7.81. The molecule has 1 aromatic carbocycles. The minimum Gasteiger partial charge on any atom is -0.493 e. The summed E-state index contributed by atoms with van der Waals surface area (Å²) in [5.74, 6) is 0.0281. The molecule has 1 aromatic heterocycles. The summed E-state index contributed by atoms with van der Waals surface area (Å²) in [6.07, 6.45) is 1.46. The number of benzene rings is 1. The third-order valence-corrected chi connectivity index (χ3v) is 2.46. The fourth-order valence-electron chi connectivity index (χ4n) is 1.36. The maximum absolute atomic E-state index is 10.7. The smallest absolute Gasteiger partial charge is 0.446 e. The highest BCUT2D eigenvalue weighted by atomic mass is 32.3. The zero-order chi connectivity index (χ0) is 13.2. The molecule has 8 nitrogen and oxygen atoms in total. The van der Waals surface area contributed by atoms with Crippen LogP contribution in [0.5, 0.6) is 11.5 Å². The van der Waals surface area contributed by atoms with Gasteiger partial charge in [-0.05, 0) is 18.2 Å². The predicted octanol–water partition coefficient (Wildman–Crippen LogP) is 0.662. The van der Waals surface area contributed by atoms with Gasteiger partial charge in [0, 0.05) is 5.56 Å². The lowest BCUT2D eigenvalue weighted by Crippen LogP contribution is -2.07. The first kappa shape index (κ1) is 12.3. The standard InChI is InChI=1S/C9H9N3O5S/c1-16-8-3-2-6(7-5-10-12-11-7)4-9(8)17-18(13,14)15/h2-5H,1H3,(H,10,11,12)(H,13,14,15). The normalized spacial score (nSPS) is 11.2. The first-order chi connectivity index (χ1) is 8.49. The van der Waals surface area contributed by atoms with E-state index in [1.165, 1.54) is 25.4 Å². The van der Waals surface area contributed by atoms with Crippen LogP contribution in [0.3, 0.4) is 0 Å². The van der Waals surface area contributed by atoms with Gasteiger partial charge in [-0.3, -0.25) is 4.55 Å². The topological polar surface area (TPSA) is 114 Å². The summed E-state index contributed by atoms with van der Waals surface area (Å²) in [4.78, 5) is 0. The average molecular weight is 271 g/mol. The second-order valence-electron chi connectivity index (χ2n) is 3.23. The van der Waals surface area contributed by atoms with Gasteiger partial charge in [0.2, 0.25) is 0 Å². The Bertz CT molecular complexity index is 638. The van der Waals surface area contributed by atoms with Gasteiger partial charge >= 0.3 is 10.4 Å². The van der Waals surface area contributed by atoms with Crippen LogP contribution in [-0.2, 0) is 10.4 Å². The van der Waals surface area contributed by atoms with Gasteiger partial charge in [0.1, 0.15) is 5.69 Å². The van der Waals surface area contributed by atoms with Crippen LogP contribution in [0, 0.1) is 0 Å². The molecule has 9 heteroatoms. The molecule has 0 aliphatic rings. The van der Waals surface area contributed by atoms with Crippen LogP contribution < -0.4 is 8.92 Å². The molecular formula is C9H9N3O5S. The average Bonchev–Trinajstić information content (AvgIpc) is 2.80. The molecule has 2 rings (SSSR count). The Balaban J connectivity index is 2.46. The SMILES string of the molecule is COc1ccc(-c2cn[nH]n2)cc1OS(=O)(=O)O. The minimum atomic E-state index is -4.62. The molecule has 18 heavy (non-hydrogen) atoms. The number of aromatic amines is 1. The Morgan fingerprint density at radius 2 is 2.11 bits per heavy atom. The summed E-state index contributed by atoms with van der Waals surface area (Å²) >= 11 is 0. The second kappa shape index (κ2) is 4.63. The number of hydrogen-bond acceptors (Lipinski definition) is 6. The van der Waals surface area contributed by atoms with Crippen LogP contribution in [0.1, 0.15) is 0 Å². The lowest BCUT2D eigenvalue weighted by Gasteiger charge is -2.08. The van der Waals surface area contributed by atoms with Crippen LogP contribution in [0.4, 0.5) is 0 Å². The molecule has 0 spiro atoms. The number of ether oxygens (including phenoxy) is 1. The minimum absolute atomic E-state index is 0.138. The van der Waals surface area contributed by atoms with Crippen molar-refractivity contribution in [3.8, 4) is 22.8 Å². The molecule has 1 heterocycles. The quantitative estimate of drug-likeness (QED) is 0.785. The molecular weight excluding hydrogens is 262 g/mol. The Labute approximate surface area is 103 Å². The summed E-state index contributed by atoms with van der Waals surface area (Å²) in [6, 6.07) is 4.50. The molecule has 96 valence electrons. The maximum atomic E-state index is 10.7. The van der Waals surface area contributed by atoms with Gasteiger partial charge in [-0.25, -0.2) is 0 Å². The highest BCUT2D eigenvalue weighted by Gasteiger charge is 2.14. The third-order valence-electron chi connectivity index (χ3n) is 2.07. The third kappa shape index (κ3) is 2.76. The highest BCUT2D eigenvalue weighted by Crippen LogP contribution is 2.32. The fraction of sp³-hybridized carbons (Fsp3) is 0.111. The molecule has 0 saturated heterocycles. The molecule has 2 aromatic rings. The lowest BCUT2D eigenvalue weighted by molar-refractivity contribution is 0.360. The summed E-state index contributed by atoms with van der Waals surface area (Å²) in [7, 11) is -3.27. The van der Waals surface area contributed by atoms with Crippen molar-refractivity contribution in [3.63, 3.8) is 0 Å². The van der Waals surface area contributed by atoms with E-state index in [2.05, 4.69) is 19.6 Å². The monoisotopic (exact) mass is 271 g/mol. The van der Waals surface area contributed by atoms with E-state index in [1.807, 2.05) is 0 Å². The van der Waals surface area contributed by atoms with Gasteiger partial charge in [-0.15, -0.1) is 0 Å². The van der Waals surface area contributed by atoms with Gasteiger partial charge in [0.15, 0.2) is 11.5 Å². The van der Waals surface area contributed by atoms with Gasteiger partial charge in [-0.2, -0.15) is 23.8 Å². The Hall–Kier alpha value is -2.13. The first-order valence-corrected chi connectivity index (χ1v) is 6.07. The number of rotatable bonds is 4. The predicted molar refractivity (Wildman–Crippen MR) is 60.5 cm³/mol. The molecule has 0 unspecified atom stereocenters. The molecule has 0 atom stereocenters. The van der Waals surface area contributed by atoms with E-state index in [-0.39, 0.29) is 11.5 Å². The summed E-state index contributed by atoms with van der Waals surface area (Å²) < 4.78 is 39.4. The van der Waals surface area contributed by atoms with Crippen molar-refractivity contribution in [1.82, 2.24) is 15.4 Å². The Morgan fingerprint density at radius 1 is 1.33 bits per heavy atom. The Kier molecular flexibility index (Phi) is 3.17. The molecule has 0 aliphatic carbocycles. The van der Waals surface area contributed by atoms with E-state index < -0.39 is 10.4 Å². The summed E-state index contributed by atoms with van der Waals surface area (Å²) in [5, 5.41) is 9.89. The van der Waals surface area contributed by atoms with Gasteiger partial charge < -0.3 is 8.92 Å². The maximum Gasteiger partial charge on any atom is 0.446 e. The van der Waals surface area contributed by atoms with Crippen molar-refractivity contribution in [1.29, 1.82) is 0 Å². The summed E-state index contributed by atoms with van der Waals surface area (Å²) in [5.41, 5.74) is 1.06. The van der Waals surface area contributed by atoms with Gasteiger partial charge in [0.25, 0.3) is 0 Å². The van der Waals surface area contributed by atoms with E-state index in [1.54, 1.807) is 6.07 Å². The van der Waals surface area contributed by atoms with Crippen LogP contribution in [-0.4, -0.2) is 35.5 Å². The van der Waals surface area contributed by atoms with E-state index in [9.17, 15) is 8.42 Å². The van der Waals surface area contributed by atoms with Gasteiger partial charge in [-0.1, -0.05) is 0 Å². The van der Waals surface area contributed by atoms with Crippen molar-refractivity contribution < 1.29 is 21.9 Å². The second-order valence-corrected chi connectivity index (χ2v) is 4.25. The van der Waals surface area contributed by atoms with Crippen molar-refractivity contribution >= 4 is 10.4 Å². The fourth-order valence-corrected chi connectivity index (χ4v) is 1.71. The van der Waals surface area contributed by atoms with Crippen molar-refractivity contribution in [2.45, 2.75) is 0 Å². The van der Waals surface area contributed by atoms with E-state index in [0.29, 0.717) is 11.3 Å². The number of H-pyrrole nitrogens is 1. The van der Waals surface area contributed by atoms with E-state index in [0.717, 1.165) is 0 Å². The zero-order valence-electron chi connectivity index (χ0n) is 9.19. The lowest BCUT2D eigenvalue weighted by atomic mass is 10.1. The molecule has 0 amide bonds. The number of nitrogens with zero attached hydrogens (tertiary/aromatic N) is 2. The van der Waals surface area contributed by atoms with Crippen molar-refractivity contribution in [2.75, 3.05) is 7.11 Å². The van der Waals surface area contributed by atoms with Crippen LogP contribution >= 0.6 is 0 Å². The van der Waals surface area contributed by atoms with Crippen LogP contribution in [0.2, 0.25) is 0 Å².